The molecule has 0 aromatic heterocycles. The predicted octanol–water partition coefficient (Wildman–Crippen LogP) is 2.20. The highest BCUT2D eigenvalue weighted by molar-refractivity contribution is 6.32. The lowest BCUT2D eigenvalue weighted by Crippen LogP contribution is -2.51. The van der Waals surface area contributed by atoms with E-state index in [1.165, 1.54) is 0 Å². The molecule has 0 atom stereocenters. The molecule has 1 aromatic carbocycles. The van der Waals surface area contributed by atoms with Crippen molar-refractivity contribution in [1.29, 1.82) is 0 Å². The molecule has 2 heterocycles. The summed E-state index contributed by atoms with van der Waals surface area (Å²) in [5.74, 6) is 1.41. The van der Waals surface area contributed by atoms with Gasteiger partial charge in [0.25, 0.3) is 5.91 Å². The monoisotopic (exact) mass is 364 g/mol. The van der Waals surface area contributed by atoms with Gasteiger partial charge in [-0.3, -0.25) is 9.59 Å². The van der Waals surface area contributed by atoms with E-state index in [0.29, 0.717) is 61.5 Å². The third kappa shape index (κ3) is 3.40. The van der Waals surface area contributed by atoms with E-state index in [2.05, 4.69) is 0 Å². The molecule has 4 rings (SSSR count). The number of piperazine rings is 1. The number of fused-ring (bicyclic) bond motifs is 1. The van der Waals surface area contributed by atoms with Gasteiger partial charge in [-0.1, -0.05) is 11.6 Å². The number of carbonyl (C=O) groups excluding carboxylic acids is 2. The van der Waals surface area contributed by atoms with Crippen molar-refractivity contribution in [2.24, 2.45) is 5.92 Å². The number of benzene rings is 1. The van der Waals surface area contributed by atoms with Gasteiger partial charge in [-0.05, 0) is 25.0 Å². The van der Waals surface area contributed by atoms with Crippen molar-refractivity contribution in [3.8, 4) is 11.5 Å². The highest BCUT2D eigenvalue weighted by atomic mass is 35.5. The molecule has 6 nitrogen and oxygen atoms in total. The third-order valence-electron chi connectivity index (χ3n) is 4.85. The molecule has 0 unspecified atom stereocenters. The second-order valence-electron chi connectivity index (χ2n) is 6.73. The van der Waals surface area contributed by atoms with E-state index in [9.17, 15) is 9.59 Å². The van der Waals surface area contributed by atoms with E-state index in [-0.39, 0.29) is 17.7 Å². The predicted molar refractivity (Wildman–Crippen MR) is 92.3 cm³/mol. The first-order valence-electron chi connectivity index (χ1n) is 8.80. The molecule has 0 bridgehead atoms. The Morgan fingerprint density at radius 2 is 1.68 bits per heavy atom. The van der Waals surface area contributed by atoms with Gasteiger partial charge in [0.1, 0.15) is 0 Å². The zero-order chi connectivity index (χ0) is 17.4. The number of rotatable bonds is 2. The zero-order valence-corrected chi connectivity index (χ0v) is 14.8. The number of hydrogen-bond acceptors (Lipinski definition) is 4. The summed E-state index contributed by atoms with van der Waals surface area (Å²) in [5.41, 5.74) is 0.496. The van der Waals surface area contributed by atoms with Crippen LogP contribution in [0.3, 0.4) is 0 Å². The summed E-state index contributed by atoms with van der Waals surface area (Å²) in [4.78, 5) is 28.6. The van der Waals surface area contributed by atoms with E-state index in [0.717, 1.165) is 19.3 Å². The molecule has 1 aliphatic carbocycles. The lowest BCUT2D eigenvalue weighted by molar-refractivity contribution is -0.134. The number of ether oxygens (including phenoxy) is 2. The molecule has 1 saturated carbocycles. The van der Waals surface area contributed by atoms with Gasteiger partial charge in [-0.2, -0.15) is 0 Å². The van der Waals surface area contributed by atoms with Gasteiger partial charge in [0.2, 0.25) is 5.91 Å². The van der Waals surface area contributed by atoms with Crippen LogP contribution in [-0.2, 0) is 4.79 Å². The van der Waals surface area contributed by atoms with Gasteiger partial charge >= 0.3 is 0 Å². The Bertz CT molecular complexity index is 697. The number of halogens is 1. The number of hydrogen-bond donors (Lipinski definition) is 0. The fraction of sp³-hybridized carbons (Fsp3) is 0.556. The quantitative estimate of drug-likeness (QED) is 0.807. The van der Waals surface area contributed by atoms with Gasteiger partial charge in [0.05, 0.1) is 18.2 Å². The Morgan fingerprint density at radius 1 is 1.00 bits per heavy atom. The van der Waals surface area contributed by atoms with Gasteiger partial charge in [-0.15, -0.1) is 0 Å². The standard InChI is InChI=1S/C18H21ClN2O4/c19-14-10-13(11-15-16(14)25-9-1-8-24-15)18(23)21-6-4-20(5-7-21)17(22)12-2-3-12/h10-12H,1-9H2. The average Bonchev–Trinajstić information content (AvgIpc) is 3.47. The number of nitrogens with zero attached hydrogens (tertiary/aromatic N) is 2. The maximum Gasteiger partial charge on any atom is 0.254 e. The first kappa shape index (κ1) is 16.5. The molecule has 1 aromatic rings. The van der Waals surface area contributed by atoms with Crippen molar-refractivity contribution in [3.63, 3.8) is 0 Å². The van der Waals surface area contributed by atoms with E-state index in [4.69, 9.17) is 21.1 Å². The van der Waals surface area contributed by atoms with Gasteiger partial charge in [-0.25, -0.2) is 0 Å². The molecule has 25 heavy (non-hydrogen) atoms. The summed E-state index contributed by atoms with van der Waals surface area (Å²) in [5, 5.41) is 0.394. The van der Waals surface area contributed by atoms with E-state index in [1.54, 1.807) is 17.0 Å². The van der Waals surface area contributed by atoms with Gasteiger partial charge in [0.15, 0.2) is 11.5 Å². The summed E-state index contributed by atoms with van der Waals surface area (Å²) in [6, 6.07) is 3.34. The first-order chi connectivity index (χ1) is 12.1. The lowest BCUT2D eigenvalue weighted by atomic mass is 10.1. The van der Waals surface area contributed by atoms with Crippen molar-refractivity contribution in [2.75, 3.05) is 39.4 Å². The second-order valence-corrected chi connectivity index (χ2v) is 7.13. The summed E-state index contributed by atoms with van der Waals surface area (Å²) >= 11 is 6.28. The lowest BCUT2D eigenvalue weighted by Gasteiger charge is -2.35. The Kier molecular flexibility index (Phi) is 4.46. The topological polar surface area (TPSA) is 59.1 Å². The van der Waals surface area contributed by atoms with Crippen LogP contribution < -0.4 is 9.47 Å². The van der Waals surface area contributed by atoms with Gasteiger partial charge in [0, 0.05) is 44.1 Å². The molecule has 1 saturated heterocycles. The van der Waals surface area contributed by atoms with Gasteiger partial charge < -0.3 is 19.3 Å². The van der Waals surface area contributed by atoms with Crippen molar-refractivity contribution in [1.82, 2.24) is 9.80 Å². The van der Waals surface area contributed by atoms with Crippen LogP contribution in [-0.4, -0.2) is 61.0 Å². The maximum atomic E-state index is 12.8. The Morgan fingerprint density at radius 3 is 2.40 bits per heavy atom. The fourth-order valence-corrected chi connectivity index (χ4v) is 3.52. The van der Waals surface area contributed by atoms with E-state index >= 15 is 0 Å². The van der Waals surface area contributed by atoms with Crippen LogP contribution in [0.5, 0.6) is 11.5 Å². The first-order valence-corrected chi connectivity index (χ1v) is 9.18. The molecular formula is C18H21ClN2O4. The third-order valence-corrected chi connectivity index (χ3v) is 5.14. The normalized spacial score (nSPS) is 20.2. The largest absolute Gasteiger partial charge is 0.489 e. The Labute approximate surface area is 151 Å². The van der Waals surface area contributed by atoms with Crippen LogP contribution in [0.15, 0.2) is 12.1 Å². The molecule has 7 heteroatoms. The highest BCUT2D eigenvalue weighted by Crippen LogP contribution is 2.38. The zero-order valence-electron chi connectivity index (χ0n) is 14.0. The van der Waals surface area contributed by atoms with Crippen LogP contribution in [0, 0.1) is 5.92 Å². The summed E-state index contributed by atoms with van der Waals surface area (Å²) in [7, 11) is 0. The molecule has 2 amide bonds. The number of amides is 2. The summed E-state index contributed by atoms with van der Waals surface area (Å²) < 4.78 is 11.3. The highest BCUT2D eigenvalue weighted by Gasteiger charge is 2.35. The molecule has 2 fully saturated rings. The summed E-state index contributed by atoms with van der Waals surface area (Å²) in [6.07, 6.45) is 2.80. The van der Waals surface area contributed by atoms with Crippen molar-refractivity contribution >= 4 is 23.4 Å². The fourth-order valence-electron chi connectivity index (χ4n) is 3.26. The molecule has 134 valence electrons. The minimum Gasteiger partial charge on any atom is -0.489 e. The van der Waals surface area contributed by atoms with Crippen LogP contribution in [0.25, 0.3) is 0 Å². The van der Waals surface area contributed by atoms with E-state index < -0.39 is 0 Å². The van der Waals surface area contributed by atoms with E-state index in [1.807, 2.05) is 4.90 Å². The molecule has 2 aliphatic heterocycles. The minimum absolute atomic E-state index is 0.0870. The average molecular weight is 365 g/mol. The molecule has 0 radical (unpaired) electrons. The van der Waals surface area contributed by atoms with Crippen molar-refractivity contribution < 1.29 is 19.1 Å². The maximum absolute atomic E-state index is 12.8. The Balaban J connectivity index is 1.45. The molecular weight excluding hydrogens is 344 g/mol. The van der Waals surface area contributed by atoms with Crippen LogP contribution in [0.2, 0.25) is 5.02 Å². The number of carbonyl (C=O) groups is 2. The molecule has 3 aliphatic rings. The SMILES string of the molecule is O=C(c1cc(Cl)c2c(c1)OCCCO2)N1CCN(C(=O)C2CC2)CC1. The van der Waals surface area contributed by atoms with Crippen LogP contribution in [0.4, 0.5) is 0 Å². The second kappa shape index (κ2) is 6.75. The minimum atomic E-state index is -0.0870. The van der Waals surface area contributed by atoms with Crippen LogP contribution >= 0.6 is 11.6 Å². The summed E-state index contributed by atoms with van der Waals surface area (Å²) in [6.45, 7) is 3.38. The molecule has 0 spiro atoms. The van der Waals surface area contributed by atoms with Crippen molar-refractivity contribution in [3.05, 3.63) is 22.7 Å². The Hall–Kier alpha value is -1.95. The van der Waals surface area contributed by atoms with Crippen LogP contribution in [0.1, 0.15) is 29.6 Å². The molecule has 0 N–H and O–H groups in total. The van der Waals surface area contributed by atoms with Crippen molar-refractivity contribution in [2.45, 2.75) is 19.3 Å². The smallest absolute Gasteiger partial charge is 0.254 e.